The Labute approximate surface area is 254 Å². The van der Waals surface area contributed by atoms with Crippen molar-refractivity contribution in [3.8, 4) is 11.5 Å². The molecule has 1 amide bonds. The van der Waals surface area contributed by atoms with Crippen LogP contribution in [-0.2, 0) is 17.8 Å². The van der Waals surface area contributed by atoms with Gasteiger partial charge in [0.15, 0.2) is 16.7 Å². The first-order valence-electron chi connectivity index (χ1n) is 13.5. The van der Waals surface area contributed by atoms with Gasteiger partial charge in [-0.2, -0.15) is 0 Å². The standard InChI is InChI=1S/C34H31BrN2O3S/c1-3-39-31-21-27(13-18-30(31)40-23-26-11-14-28(35)15-12-26)22-32-33(38)37(20-19-25-7-5-4-6-8-25)34(41-32)36-29-16-9-24(2)10-17-29/h4-18,21-22H,3,19-20,23H2,1-2H3/b32-22+,36-34?. The monoisotopic (exact) mass is 626 g/mol. The predicted molar refractivity (Wildman–Crippen MR) is 172 cm³/mol. The maximum absolute atomic E-state index is 13.6. The van der Waals surface area contributed by atoms with E-state index in [1.807, 2.05) is 105 Å². The van der Waals surface area contributed by atoms with Crippen molar-refractivity contribution < 1.29 is 14.3 Å². The van der Waals surface area contributed by atoms with Crippen LogP contribution < -0.4 is 9.47 Å². The van der Waals surface area contributed by atoms with Gasteiger partial charge in [0.1, 0.15) is 6.61 Å². The Kier molecular flexibility index (Phi) is 9.59. The Bertz CT molecular complexity index is 1550. The van der Waals surface area contributed by atoms with Crippen molar-refractivity contribution in [3.05, 3.63) is 129 Å². The van der Waals surface area contributed by atoms with Crippen molar-refractivity contribution in [2.75, 3.05) is 13.2 Å². The maximum Gasteiger partial charge on any atom is 0.266 e. The summed E-state index contributed by atoms with van der Waals surface area (Å²) in [6, 6.07) is 32.0. The van der Waals surface area contributed by atoms with Gasteiger partial charge in [-0.1, -0.05) is 82.2 Å². The first kappa shape index (κ1) is 28.7. The molecule has 4 aromatic rings. The van der Waals surface area contributed by atoms with Gasteiger partial charge in [0.05, 0.1) is 17.2 Å². The number of rotatable bonds is 10. The Morgan fingerprint density at radius 2 is 1.63 bits per heavy atom. The van der Waals surface area contributed by atoms with E-state index < -0.39 is 0 Å². The zero-order valence-corrected chi connectivity index (χ0v) is 25.5. The molecule has 41 heavy (non-hydrogen) atoms. The normalized spacial score (nSPS) is 15.1. The molecule has 0 radical (unpaired) electrons. The van der Waals surface area contributed by atoms with Crippen LogP contribution in [0.4, 0.5) is 5.69 Å². The minimum atomic E-state index is -0.0506. The van der Waals surface area contributed by atoms with E-state index >= 15 is 0 Å². The molecule has 1 saturated heterocycles. The van der Waals surface area contributed by atoms with Crippen LogP contribution in [0.2, 0.25) is 0 Å². The Morgan fingerprint density at radius 3 is 2.37 bits per heavy atom. The number of hydrogen-bond acceptors (Lipinski definition) is 5. The van der Waals surface area contributed by atoms with Crippen LogP contribution >= 0.6 is 27.7 Å². The summed E-state index contributed by atoms with van der Waals surface area (Å²) in [5, 5.41) is 0.681. The fraction of sp³-hybridized carbons (Fsp3) is 0.176. The van der Waals surface area contributed by atoms with Gasteiger partial charge in [-0.25, -0.2) is 4.99 Å². The lowest BCUT2D eigenvalue weighted by atomic mass is 10.1. The zero-order valence-electron chi connectivity index (χ0n) is 23.0. The summed E-state index contributed by atoms with van der Waals surface area (Å²) >= 11 is 4.86. The van der Waals surface area contributed by atoms with Crippen molar-refractivity contribution in [2.24, 2.45) is 4.99 Å². The van der Waals surface area contributed by atoms with Gasteiger partial charge < -0.3 is 9.47 Å². The Morgan fingerprint density at radius 1 is 0.878 bits per heavy atom. The molecule has 0 spiro atoms. The summed E-state index contributed by atoms with van der Waals surface area (Å²) < 4.78 is 13.0. The minimum Gasteiger partial charge on any atom is -0.490 e. The van der Waals surface area contributed by atoms with E-state index in [0.29, 0.717) is 41.3 Å². The Balaban J connectivity index is 1.39. The number of halogens is 1. The highest BCUT2D eigenvalue weighted by Crippen LogP contribution is 2.36. The van der Waals surface area contributed by atoms with Gasteiger partial charge in [-0.05, 0) is 91.2 Å². The number of amides is 1. The third kappa shape index (κ3) is 7.69. The van der Waals surface area contributed by atoms with E-state index in [-0.39, 0.29) is 5.91 Å². The molecule has 0 atom stereocenters. The van der Waals surface area contributed by atoms with Crippen molar-refractivity contribution in [1.29, 1.82) is 0 Å². The zero-order chi connectivity index (χ0) is 28.6. The highest BCUT2D eigenvalue weighted by Gasteiger charge is 2.33. The van der Waals surface area contributed by atoms with E-state index in [0.717, 1.165) is 27.7 Å². The summed E-state index contributed by atoms with van der Waals surface area (Å²) in [4.78, 5) is 20.9. The number of aryl methyl sites for hydroxylation is 1. The quantitative estimate of drug-likeness (QED) is 0.165. The van der Waals surface area contributed by atoms with E-state index in [1.54, 1.807) is 4.90 Å². The molecule has 1 heterocycles. The van der Waals surface area contributed by atoms with Gasteiger partial charge in [-0.3, -0.25) is 9.69 Å². The third-order valence-corrected chi connectivity index (χ3v) is 8.02. The van der Waals surface area contributed by atoms with Crippen LogP contribution in [0.15, 0.2) is 111 Å². The third-order valence-electron chi connectivity index (χ3n) is 6.49. The topological polar surface area (TPSA) is 51.1 Å². The summed E-state index contributed by atoms with van der Waals surface area (Å²) in [7, 11) is 0. The fourth-order valence-corrected chi connectivity index (χ4v) is 5.59. The summed E-state index contributed by atoms with van der Waals surface area (Å²) in [6.45, 7) is 5.47. The van der Waals surface area contributed by atoms with Crippen molar-refractivity contribution in [1.82, 2.24) is 4.90 Å². The van der Waals surface area contributed by atoms with Gasteiger partial charge in [0, 0.05) is 11.0 Å². The molecule has 5 nitrogen and oxygen atoms in total. The van der Waals surface area contributed by atoms with Crippen LogP contribution in [0, 0.1) is 6.92 Å². The number of nitrogens with zero attached hydrogens (tertiary/aromatic N) is 2. The van der Waals surface area contributed by atoms with E-state index in [9.17, 15) is 4.79 Å². The number of carbonyl (C=O) groups excluding carboxylic acids is 1. The average molecular weight is 628 g/mol. The number of carbonyl (C=O) groups is 1. The predicted octanol–water partition coefficient (Wildman–Crippen LogP) is 8.58. The van der Waals surface area contributed by atoms with Gasteiger partial charge >= 0.3 is 0 Å². The van der Waals surface area contributed by atoms with E-state index in [2.05, 4.69) is 28.1 Å². The highest BCUT2D eigenvalue weighted by atomic mass is 79.9. The molecule has 1 fully saturated rings. The molecule has 4 aromatic carbocycles. The minimum absolute atomic E-state index is 0.0506. The highest BCUT2D eigenvalue weighted by molar-refractivity contribution is 9.10. The van der Waals surface area contributed by atoms with Crippen LogP contribution in [0.25, 0.3) is 6.08 Å². The molecular weight excluding hydrogens is 596 g/mol. The molecule has 0 bridgehead atoms. The SMILES string of the molecule is CCOc1cc(/C=C2/SC(=Nc3ccc(C)cc3)N(CCc3ccccc3)C2=O)ccc1OCc1ccc(Br)cc1. The molecular formula is C34H31BrN2O3S. The van der Waals surface area contributed by atoms with E-state index in [4.69, 9.17) is 14.5 Å². The van der Waals surface area contributed by atoms with Crippen LogP contribution in [-0.4, -0.2) is 29.1 Å². The van der Waals surface area contributed by atoms with Crippen molar-refractivity contribution in [2.45, 2.75) is 26.9 Å². The lowest BCUT2D eigenvalue weighted by Gasteiger charge is -2.15. The smallest absolute Gasteiger partial charge is 0.266 e. The van der Waals surface area contributed by atoms with Crippen molar-refractivity contribution in [3.63, 3.8) is 0 Å². The number of benzene rings is 4. The summed E-state index contributed by atoms with van der Waals surface area (Å²) in [6.07, 6.45) is 2.65. The number of ether oxygens (including phenoxy) is 2. The van der Waals surface area contributed by atoms with Crippen LogP contribution in [0.5, 0.6) is 11.5 Å². The Hall–Kier alpha value is -3.81. The van der Waals surface area contributed by atoms with Crippen LogP contribution in [0.1, 0.15) is 29.2 Å². The first-order chi connectivity index (χ1) is 20.0. The van der Waals surface area contributed by atoms with Gasteiger partial charge in [-0.15, -0.1) is 0 Å². The second kappa shape index (κ2) is 13.7. The molecule has 1 aliphatic heterocycles. The molecule has 7 heteroatoms. The average Bonchev–Trinajstić information content (AvgIpc) is 3.27. The number of thioether (sulfide) groups is 1. The molecule has 1 aliphatic rings. The van der Waals surface area contributed by atoms with E-state index in [1.165, 1.54) is 22.9 Å². The molecule has 5 rings (SSSR count). The second-order valence-electron chi connectivity index (χ2n) is 9.59. The number of hydrogen-bond donors (Lipinski definition) is 0. The molecule has 0 unspecified atom stereocenters. The largest absolute Gasteiger partial charge is 0.490 e. The summed E-state index contributed by atoms with van der Waals surface area (Å²) in [5.74, 6) is 1.25. The molecule has 0 aliphatic carbocycles. The lowest BCUT2D eigenvalue weighted by Crippen LogP contribution is -2.31. The van der Waals surface area contributed by atoms with Gasteiger partial charge in [0.25, 0.3) is 5.91 Å². The number of amidine groups is 1. The van der Waals surface area contributed by atoms with Crippen molar-refractivity contribution >= 4 is 50.5 Å². The maximum atomic E-state index is 13.6. The molecule has 208 valence electrons. The molecule has 0 N–H and O–H groups in total. The van der Waals surface area contributed by atoms with Crippen LogP contribution in [0.3, 0.4) is 0 Å². The first-order valence-corrected chi connectivity index (χ1v) is 15.1. The second-order valence-corrected chi connectivity index (χ2v) is 11.5. The fourth-order valence-electron chi connectivity index (χ4n) is 4.30. The number of aliphatic imine (C=N–C) groups is 1. The molecule has 0 saturated carbocycles. The van der Waals surface area contributed by atoms with Gasteiger partial charge in [0.2, 0.25) is 0 Å². The summed E-state index contributed by atoms with van der Waals surface area (Å²) in [5.41, 5.74) is 5.09. The molecule has 0 aromatic heterocycles. The lowest BCUT2D eigenvalue weighted by molar-refractivity contribution is -0.122.